The molecule has 3 nitrogen and oxygen atoms in total. The Balaban J connectivity index is 2.12. The van der Waals surface area contributed by atoms with Crippen molar-refractivity contribution in [3.63, 3.8) is 0 Å². The number of hydrogen-bond acceptors (Lipinski definition) is 3. The lowest BCUT2D eigenvalue weighted by Gasteiger charge is -2.26. The molecule has 0 aliphatic heterocycles. The topological polar surface area (TPSA) is 42.1 Å². The highest BCUT2D eigenvalue weighted by molar-refractivity contribution is 5.10. The third kappa shape index (κ3) is 1.94. The summed E-state index contributed by atoms with van der Waals surface area (Å²) in [5.74, 6) is 0. The van der Waals surface area contributed by atoms with E-state index in [4.69, 9.17) is 5.73 Å². The van der Waals surface area contributed by atoms with Gasteiger partial charge in [-0.05, 0) is 32.0 Å². The molecule has 14 heavy (non-hydrogen) atoms. The monoisotopic (exact) mass is 191 g/mol. The van der Waals surface area contributed by atoms with Gasteiger partial charge < -0.3 is 5.73 Å². The van der Waals surface area contributed by atoms with Crippen LogP contribution in [-0.4, -0.2) is 29.5 Å². The molecule has 3 heteroatoms. The van der Waals surface area contributed by atoms with E-state index in [1.165, 1.54) is 12.8 Å². The molecule has 1 aliphatic carbocycles. The molecule has 1 fully saturated rings. The quantitative estimate of drug-likeness (QED) is 0.777. The van der Waals surface area contributed by atoms with Crippen molar-refractivity contribution in [3.05, 3.63) is 30.1 Å². The predicted octanol–water partition coefficient (Wildman–Crippen LogP) is 1.18. The van der Waals surface area contributed by atoms with Crippen molar-refractivity contribution < 1.29 is 0 Å². The molecule has 0 spiro atoms. The van der Waals surface area contributed by atoms with Crippen LogP contribution in [0, 0.1) is 0 Å². The molecule has 0 aromatic carbocycles. The Morgan fingerprint density at radius 3 is 2.86 bits per heavy atom. The van der Waals surface area contributed by atoms with E-state index in [-0.39, 0.29) is 6.04 Å². The summed E-state index contributed by atoms with van der Waals surface area (Å²) in [5, 5.41) is 0. The molecular weight excluding hydrogens is 174 g/mol. The second kappa shape index (κ2) is 4.07. The van der Waals surface area contributed by atoms with Crippen molar-refractivity contribution >= 4 is 0 Å². The molecule has 0 radical (unpaired) electrons. The molecule has 2 N–H and O–H groups in total. The highest BCUT2D eigenvalue weighted by Crippen LogP contribution is 2.31. The summed E-state index contributed by atoms with van der Waals surface area (Å²) in [4.78, 5) is 6.71. The van der Waals surface area contributed by atoms with E-state index >= 15 is 0 Å². The third-order valence-electron chi connectivity index (χ3n) is 2.87. The minimum absolute atomic E-state index is 0.281. The zero-order valence-corrected chi connectivity index (χ0v) is 8.56. The fourth-order valence-corrected chi connectivity index (χ4v) is 1.81. The Bertz CT molecular complexity index is 282. The normalized spacial score (nSPS) is 18.5. The minimum Gasteiger partial charge on any atom is -0.329 e. The number of likely N-dealkylation sites (N-methyl/N-ethyl adjacent to an activating group) is 1. The van der Waals surface area contributed by atoms with Crippen LogP contribution in [0.2, 0.25) is 0 Å². The van der Waals surface area contributed by atoms with E-state index in [1.54, 1.807) is 0 Å². The Labute approximate surface area is 84.9 Å². The molecule has 2 rings (SSSR count). The van der Waals surface area contributed by atoms with Crippen molar-refractivity contribution in [1.29, 1.82) is 0 Å². The summed E-state index contributed by atoms with van der Waals surface area (Å²) in [7, 11) is 2.14. The number of rotatable bonds is 4. The van der Waals surface area contributed by atoms with Crippen LogP contribution in [0.5, 0.6) is 0 Å². The van der Waals surface area contributed by atoms with Crippen LogP contribution < -0.4 is 5.73 Å². The van der Waals surface area contributed by atoms with E-state index in [1.807, 2.05) is 18.3 Å². The lowest BCUT2D eigenvalue weighted by molar-refractivity contribution is 0.235. The zero-order valence-electron chi connectivity index (χ0n) is 8.56. The van der Waals surface area contributed by atoms with Gasteiger partial charge in [0.15, 0.2) is 0 Å². The van der Waals surface area contributed by atoms with Gasteiger partial charge in [-0.15, -0.1) is 0 Å². The van der Waals surface area contributed by atoms with Gasteiger partial charge in [0, 0.05) is 18.8 Å². The highest BCUT2D eigenvalue weighted by atomic mass is 15.2. The first-order valence-electron chi connectivity index (χ1n) is 5.16. The molecule has 1 aromatic rings. The van der Waals surface area contributed by atoms with Gasteiger partial charge in [0.1, 0.15) is 0 Å². The van der Waals surface area contributed by atoms with E-state index in [0.29, 0.717) is 6.54 Å². The van der Waals surface area contributed by atoms with Gasteiger partial charge in [-0.2, -0.15) is 0 Å². The first-order valence-corrected chi connectivity index (χ1v) is 5.16. The summed E-state index contributed by atoms with van der Waals surface area (Å²) in [5.41, 5.74) is 6.88. The third-order valence-corrected chi connectivity index (χ3v) is 2.87. The van der Waals surface area contributed by atoms with Crippen LogP contribution >= 0.6 is 0 Å². The van der Waals surface area contributed by atoms with Crippen LogP contribution in [0.1, 0.15) is 24.6 Å². The van der Waals surface area contributed by atoms with Crippen LogP contribution in [-0.2, 0) is 0 Å². The SMILES string of the molecule is CN(C1CC1)C(CN)c1ccccn1. The average Bonchev–Trinajstić information content (AvgIpc) is 3.03. The number of hydrogen-bond donors (Lipinski definition) is 1. The summed E-state index contributed by atoms with van der Waals surface area (Å²) >= 11 is 0. The second-order valence-corrected chi connectivity index (χ2v) is 3.90. The molecule has 1 aliphatic rings. The largest absolute Gasteiger partial charge is 0.329 e. The fraction of sp³-hybridized carbons (Fsp3) is 0.545. The summed E-state index contributed by atoms with van der Waals surface area (Å²) in [6.07, 6.45) is 4.44. The van der Waals surface area contributed by atoms with E-state index in [2.05, 4.69) is 23.0 Å². The van der Waals surface area contributed by atoms with Crippen molar-refractivity contribution in [3.8, 4) is 0 Å². The smallest absolute Gasteiger partial charge is 0.0644 e. The van der Waals surface area contributed by atoms with E-state index < -0.39 is 0 Å². The van der Waals surface area contributed by atoms with Gasteiger partial charge >= 0.3 is 0 Å². The van der Waals surface area contributed by atoms with E-state index in [9.17, 15) is 0 Å². The maximum Gasteiger partial charge on any atom is 0.0644 e. The number of nitrogens with zero attached hydrogens (tertiary/aromatic N) is 2. The Morgan fingerprint density at radius 2 is 2.36 bits per heavy atom. The molecule has 1 heterocycles. The molecule has 1 saturated carbocycles. The highest BCUT2D eigenvalue weighted by Gasteiger charge is 2.31. The molecule has 0 amide bonds. The lowest BCUT2D eigenvalue weighted by atomic mass is 10.1. The molecule has 1 aromatic heterocycles. The second-order valence-electron chi connectivity index (χ2n) is 3.90. The van der Waals surface area contributed by atoms with Crippen LogP contribution in [0.15, 0.2) is 24.4 Å². The number of nitrogens with two attached hydrogens (primary N) is 1. The van der Waals surface area contributed by atoms with Gasteiger partial charge in [0.25, 0.3) is 0 Å². The maximum atomic E-state index is 5.79. The first kappa shape index (κ1) is 9.62. The molecule has 76 valence electrons. The summed E-state index contributed by atoms with van der Waals surface area (Å²) in [6.45, 7) is 0.643. The minimum atomic E-state index is 0.281. The van der Waals surface area contributed by atoms with Crippen molar-refractivity contribution in [2.24, 2.45) is 5.73 Å². The molecule has 0 bridgehead atoms. The van der Waals surface area contributed by atoms with E-state index in [0.717, 1.165) is 11.7 Å². The maximum absolute atomic E-state index is 5.79. The first-order chi connectivity index (χ1) is 6.83. The van der Waals surface area contributed by atoms with Crippen molar-refractivity contribution in [2.45, 2.75) is 24.9 Å². The molecule has 1 unspecified atom stereocenters. The van der Waals surface area contributed by atoms with Crippen molar-refractivity contribution in [2.75, 3.05) is 13.6 Å². The van der Waals surface area contributed by atoms with Gasteiger partial charge in [-0.1, -0.05) is 6.07 Å². The Hall–Kier alpha value is -0.930. The molecule has 0 saturated heterocycles. The van der Waals surface area contributed by atoms with Crippen LogP contribution in [0.3, 0.4) is 0 Å². The predicted molar refractivity (Wildman–Crippen MR) is 56.8 cm³/mol. The van der Waals surface area contributed by atoms with Crippen LogP contribution in [0.25, 0.3) is 0 Å². The summed E-state index contributed by atoms with van der Waals surface area (Å²) in [6, 6.07) is 7.02. The van der Waals surface area contributed by atoms with Crippen LogP contribution in [0.4, 0.5) is 0 Å². The lowest BCUT2D eigenvalue weighted by Crippen LogP contribution is -2.32. The standard InChI is InChI=1S/C11H17N3/c1-14(9-5-6-9)11(8-12)10-4-2-3-7-13-10/h2-4,7,9,11H,5-6,8,12H2,1H3. The zero-order chi connectivity index (χ0) is 9.97. The Morgan fingerprint density at radius 1 is 1.57 bits per heavy atom. The van der Waals surface area contributed by atoms with Crippen molar-refractivity contribution in [1.82, 2.24) is 9.88 Å². The van der Waals surface area contributed by atoms with Gasteiger partial charge in [-0.3, -0.25) is 9.88 Å². The molecule has 1 atom stereocenters. The van der Waals surface area contributed by atoms with Gasteiger partial charge in [0.2, 0.25) is 0 Å². The van der Waals surface area contributed by atoms with Gasteiger partial charge in [-0.25, -0.2) is 0 Å². The fourth-order valence-electron chi connectivity index (χ4n) is 1.81. The average molecular weight is 191 g/mol. The molecular formula is C11H17N3. The number of pyridine rings is 1. The number of aromatic nitrogens is 1. The summed E-state index contributed by atoms with van der Waals surface area (Å²) < 4.78 is 0. The van der Waals surface area contributed by atoms with Gasteiger partial charge in [0.05, 0.1) is 11.7 Å². The Kier molecular flexibility index (Phi) is 2.79.